The van der Waals surface area contributed by atoms with Crippen LogP contribution in [-0.4, -0.2) is 12.1 Å². The van der Waals surface area contributed by atoms with Crippen molar-refractivity contribution in [2.24, 2.45) is 0 Å². The molecule has 19 heavy (non-hydrogen) atoms. The molecule has 1 aromatic heterocycles. The fourth-order valence-corrected chi connectivity index (χ4v) is 2.51. The van der Waals surface area contributed by atoms with Crippen LogP contribution < -0.4 is 10.1 Å². The first-order valence-corrected chi connectivity index (χ1v) is 6.96. The maximum absolute atomic E-state index is 13.3. The van der Waals surface area contributed by atoms with Crippen LogP contribution in [0.25, 0.3) is 0 Å². The molecule has 0 aliphatic rings. The molecular formula is C14H17FN2OS. The average Bonchev–Trinajstić information content (AvgIpc) is 2.81. The van der Waals surface area contributed by atoms with Gasteiger partial charge in [-0.05, 0) is 32.0 Å². The number of rotatable bonds is 5. The van der Waals surface area contributed by atoms with Crippen LogP contribution in [0, 0.1) is 12.7 Å². The van der Waals surface area contributed by atoms with Gasteiger partial charge in [0.05, 0.1) is 17.8 Å². The number of methoxy groups -OCH3 is 1. The molecular weight excluding hydrogens is 263 g/mol. The van der Waals surface area contributed by atoms with Crippen LogP contribution >= 0.6 is 11.3 Å². The molecule has 1 heterocycles. The highest BCUT2D eigenvalue weighted by Crippen LogP contribution is 2.26. The predicted octanol–water partition coefficient (Wildman–Crippen LogP) is 3.45. The van der Waals surface area contributed by atoms with Crippen molar-refractivity contribution in [3.8, 4) is 5.75 Å². The summed E-state index contributed by atoms with van der Waals surface area (Å²) in [5.41, 5.74) is 1.82. The standard InChI is InChI=1S/C14H17FN2OS/c1-9(16-7-12-8-19-10(2)17-12)13-6-11(15)4-5-14(13)18-3/h4-6,8-9,16H,7H2,1-3H3. The Bertz CT molecular complexity index is 556. The van der Waals surface area contributed by atoms with Crippen molar-refractivity contribution in [3.63, 3.8) is 0 Å². The van der Waals surface area contributed by atoms with E-state index in [1.807, 2.05) is 19.2 Å². The fraction of sp³-hybridized carbons (Fsp3) is 0.357. The number of thiazole rings is 1. The molecule has 0 aliphatic heterocycles. The fourth-order valence-electron chi connectivity index (χ4n) is 1.90. The molecule has 0 bridgehead atoms. The Morgan fingerprint density at radius 1 is 1.47 bits per heavy atom. The number of hydrogen-bond donors (Lipinski definition) is 1. The molecule has 0 amide bonds. The van der Waals surface area contributed by atoms with E-state index in [2.05, 4.69) is 10.3 Å². The lowest BCUT2D eigenvalue weighted by Crippen LogP contribution is -2.19. The van der Waals surface area contributed by atoms with Gasteiger partial charge < -0.3 is 10.1 Å². The lowest BCUT2D eigenvalue weighted by molar-refractivity contribution is 0.399. The lowest BCUT2D eigenvalue weighted by Gasteiger charge is -2.16. The van der Waals surface area contributed by atoms with Gasteiger partial charge in [-0.2, -0.15) is 0 Å². The van der Waals surface area contributed by atoms with Crippen molar-refractivity contribution in [1.29, 1.82) is 0 Å². The third kappa shape index (κ3) is 3.52. The molecule has 1 N–H and O–H groups in total. The number of halogens is 1. The predicted molar refractivity (Wildman–Crippen MR) is 75.1 cm³/mol. The largest absolute Gasteiger partial charge is 0.496 e. The van der Waals surface area contributed by atoms with Crippen molar-refractivity contribution >= 4 is 11.3 Å². The summed E-state index contributed by atoms with van der Waals surface area (Å²) in [6, 6.07) is 4.55. The third-order valence-electron chi connectivity index (χ3n) is 2.91. The van der Waals surface area contributed by atoms with E-state index >= 15 is 0 Å². The third-order valence-corrected chi connectivity index (χ3v) is 3.74. The Balaban J connectivity index is 2.06. The first-order valence-electron chi connectivity index (χ1n) is 6.08. The molecule has 2 rings (SSSR count). The Morgan fingerprint density at radius 3 is 2.89 bits per heavy atom. The number of benzene rings is 1. The number of aryl methyl sites for hydroxylation is 1. The molecule has 1 unspecified atom stereocenters. The first kappa shape index (κ1) is 14.0. The summed E-state index contributed by atoms with van der Waals surface area (Å²) in [4.78, 5) is 4.39. The number of hydrogen-bond acceptors (Lipinski definition) is 4. The smallest absolute Gasteiger partial charge is 0.123 e. The number of nitrogens with one attached hydrogen (secondary N) is 1. The van der Waals surface area contributed by atoms with Gasteiger partial charge in [0.2, 0.25) is 0 Å². The molecule has 1 atom stereocenters. The molecule has 0 saturated heterocycles. The minimum absolute atomic E-state index is 0.00680. The van der Waals surface area contributed by atoms with Crippen LogP contribution in [0.4, 0.5) is 4.39 Å². The Morgan fingerprint density at radius 2 is 2.26 bits per heavy atom. The monoisotopic (exact) mass is 280 g/mol. The molecule has 102 valence electrons. The number of ether oxygens (including phenoxy) is 1. The molecule has 2 aromatic rings. The SMILES string of the molecule is COc1ccc(F)cc1C(C)NCc1csc(C)n1. The minimum Gasteiger partial charge on any atom is -0.496 e. The van der Waals surface area contributed by atoms with Crippen LogP contribution in [0.2, 0.25) is 0 Å². The van der Waals surface area contributed by atoms with E-state index in [9.17, 15) is 4.39 Å². The van der Waals surface area contributed by atoms with Crippen molar-refractivity contribution in [2.75, 3.05) is 7.11 Å². The second kappa shape index (κ2) is 6.12. The van der Waals surface area contributed by atoms with Crippen LogP contribution in [-0.2, 0) is 6.54 Å². The summed E-state index contributed by atoms with van der Waals surface area (Å²) >= 11 is 1.63. The Kier molecular flexibility index (Phi) is 4.50. The number of nitrogens with zero attached hydrogens (tertiary/aromatic N) is 1. The van der Waals surface area contributed by atoms with Gasteiger partial charge >= 0.3 is 0 Å². The zero-order valence-electron chi connectivity index (χ0n) is 11.2. The van der Waals surface area contributed by atoms with Crippen LogP contribution in [0.15, 0.2) is 23.6 Å². The van der Waals surface area contributed by atoms with Crippen molar-refractivity contribution < 1.29 is 9.13 Å². The summed E-state index contributed by atoms with van der Waals surface area (Å²) in [7, 11) is 1.59. The van der Waals surface area contributed by atoms with Gasteiger partial charge in [-0.25, -0.2) is 9.37 Å². The molecule has 0 spiro atoms. The van der Waals surface area contributed by atoms with Gasteiger partial charge in [0.1, 0.15) is 11.6 Å². The summed E-state index contributed by atoms with van der Waals surface area (Å²) in [6.45, 7) is 4.62. The van der Waals surface area contributed by atoms with Crippen molar-refractivity contribution in [3.05, 3.63) is 45.7 Å². The molecule has 3 nitrogen and oxygen atoms in total. The minimum atomic E-state index is -0.256. The van der Waals surface area contributed by atoms with Gasteiger partial charge in [-0.15, -0.1) is 11.3 Å². The first-order chi connectivity index (χ1) is 9.10. The van der Waals surface area contributed by atoms with Gasteiger partial charge in [-0.1, -0.05) is 0 Å². The van der Waals surface area contributed by atoms with Crippen LogP contribution in [0.1, 0.15) is 29.2 Å². The average molecular weight is 280 g/mol. The number of aromatic nitrogens is 1. The topological polar surface area (TPSA) is 34.1 Å². The van der Waals surface area contributed by atoms with E-state index < -0.39 is 0 Å². The van der Waals surface area contributed by atoms with E-state index in [1.54, 1.807) is 24.5 Å². The Hall–Kier alpha value is -1.46. The summed E-state index contributed by atoms with van der Waals surface area (Å²) < 4.78 is 18.6. The van der Waals surface area contributed by atoms with E-state index in [1.165, 1.54) is 12.1 Å². The van der Waals surface area contributed by atoms with E-state index in [4.69, 9.17) is 4.74 Å². The van der Waals surface area contributed by atoms with Crippen LogP contribution in [0.3, 0.4) is 0 Å². The Labute approximate surface area is 116 Å². The molecule has 1 aromatic carbocycles. The molecule has 0 fully saturated rings. The zero-order chi connectivity index (χ0) is 13.8. The molecule has 0 aliphatic carbocycles. The van der Waals surface area contributed by atoms with Gasteiger partial charge in [0.25, 0.3) is 0 Å². The highest BCUT2D eigenvalue weighted by Gasteiger charge is 2.12. The lowest BCUT2D eigenvalue weighted by atomic mass is 10.1. The zero-order valence-corrected chi connectivity index (χ0v) is 12.1. The maximum Gasteiger partial charge on any atom is 0.123 e. The van der Waals surface area contributed by atoms with Crippen molar-refractivity contribution in [1.82, 2.24) is 10.3 Å². The summed E-state index contributed by atoms with van der Waals surface area (Å²) in [5.74, 6) is 0.435. The van der Waals surface area contributed by atoms with E-state index in [0.29, 0.717) is 12.3 Å². The van der Waals surface area contributed by atoms with Gasteiger partial charge in [-0.3, -0.25) is 0 Å². The second-order valence-electron chi connectivity index (χ2n) is 4.35. The van der Waals surface area contributed by atoms with E-state index in [0.717, 1.165) is 16.3 Å². The molecule has 0 saturated carbocycles. The molecule has 5 heteroatoms. The van der Waals surface area contributed by atoms with Gasteiger partial charge in [0, 0.05) is 23.5 Å². The second-order valence-corrected chi connectivity index (χ2v) is 5.41. The summed E-state index contributed by atoms with van der Waals surface area (Å²) in [5, 5.41) is 6.40. The van der Waals surface area contributed by atoms with Gasteiger partial charge in [0.15, 0.2) is 0 Å². The normalized spacial score (nSPS) is 12.4. The highest BCUT2D eigenvalue weighted by molar-refractivity contribution is 7.09. The highest BCUT2D eigenvalue weighted by atomic mass is 32.1. The summed E-state index contributed by atoms with van der Waals surface area (Å²) in [6.07, 6.45) is 0. The van der Waals surface area contributed by atoms with Crippen LogP contribution in [0.5, 0.6) is 5.75 Å². The quantitative estimate of drug-likeness (QED) is 0.911. The maximum atomic E-state index is 13.3. The van der Waals surface area contributed by atoms with Crippen molar-refractivity contribution in [2.45, 2.75) is 26.4 Å². The molecule has 0 radical (unpaired) electrons. The van der Waals surface area contributed by atoms with E-state index in [-0.39, 0.29) is 11.9 Å².